The second-order valence-corrected chi connectivity index (χ2v) is 17.7. The summed E-state index contributed by atoms with van der Waals surface area (Å²) in [5, 5.41) is 33.3. The zero-order chi connectivity index (χ0) is 40.8. The van der Waals surface area contributed by atoms with E-state index in [-0.39, 0.29) is 6.61 Å². The van der Waals surface area contributed by atoms with E-state index < -0.39 is 24.2 Å². The van der Waals surface area contributed by atoms with Crippen LogP contribution >= 0.6 is 0 Å². The van der Waals surface area contributed by atoms with E-state index in [0.717, 1.165) is 32.1 Å². The molecule has 0 rings (SSSR count). The number of aliphatic hydroxyl groups is 3. The second kappa shape index (κ2) is 46.8. The molecule has 0 saturated carbocycles. The lowest BCUT2D eigenvalue weighted by molar-refractivity contribution is -0.131. The predicted octanol–water partition coefficient (Wildman–Crippen LogP) is 15.2. The van der Waals surface area contributed by atoms with Crippen molar-refractivity contribution >= 4 is 5.91 Å². The maximum absolute atomic E-state index is 12.5. The molecule has 0 aliphatic heterocycles. The van der Waals surface area contributed by atoms with Gasteiger partial charge in [-0.1, -0.05) is 276 Å². The zero-order valence-corrected chi connectivity index (χ0v) is 38.0. The van der Waals surface area contributed by atoms with Crippen molar-refractivity contribution in [2.75, 3.05) is 6.61 Å². The predicted molar refractivity (Wildman–Crippen MR) is 245 cm³/mol. The Labute approximate surface area is 350 Å². The van der Waals surface area contributed by atoms with Crippen LogP contribution in [0.3, 0.4) is 0 Å². The quantitative estimate of drug-likeness (QED) is 0.0365. The summed E-state index contributed by atoms with van der Waals surface area (Å²) in [6.07, 6.45) is 57.0. The van der Waals surface area contributed by atoms with Crippen molar-refractivity contribution in [1.29, 1.82) is 0 Å². The molecule has 0 saturated heterocycles. The highest BCUT2D eigenvalue weighted by atomic mass is 16.3. The third kappa shape index (κ3) is 41.3. The van der Waals surface area contributed by atoms with Crippen LogP contribution in [-0.4, -0.2) is 46.1 Å². The Kier molecular flexibility index (Phi) is 46.0. The maximum Gasteiger partial charge on any atom is 0.249 e. The Morgan fingerprint density at radius 1 is 0.429 bits per heavy atom. The molecule has 0 bridgehead atoms. The number of nitrogens with one attached hydrogen (secondary N) is 1. The third-order valence-electron chi connectivity index (χ3n) is 12.1. The number of hydrogen-bond donors (Lipinski definition) is 4. The van der Waals surface area contributed by atoms with Crippen molar-refractivity contribution in [2.45, 2.75) is 302 Å². The molecular weight excluding hydrogens is 691 g/mol. The minimum absolute atomic E-state index is 0.359. The van der Waals surface area contributed by atoms with Crippen LogP contribution < -0.4 is 5.32 Å². The number of aliphatic hydroxyl groups excluding tert-OH is 3. The van der Waals surface area contributed by atoms with Gasteiger partial charge in [0, 0.05) is 0 Å². The minimum Gasteiger partial charge on any atom is -0.394 e. The molecule has 0 heterocycles. The molecule has 3 unspecified atom stereocenters. The second-order valence-electron chi connectivity index (χ2n) is 17.7. The number of carbonyl (C=O) groups is 1. The highest BCUT2D eigenvalue weighted by Crippen LogP contribution is 2.17. The van der Waals surface area contributed by atoms with E-state index in [4.69, 9.17) is 0 Å². The van der Waals surface area contributed by atoms with Crippen LogP contribution in [0.4, 0.5) is 0 Å². The van der Waals surface area contributed by atoms with Crippen LogP contribution in [-0.2, 0) is 4.79 Å². The summed E-state index contributed by atoms with van der Waals surface area (Å²) in [5.41, 5.74) is 0. The van der Waals surface area contributed by atoms with E-state index in [9.17, 15) is 20.1 Å². The fourth-order valence-corrected chi connectivity index (χ4v) is 8.13. The zero-order valence-electron chi connectivity index (χ0n) is 38.0. The van der Waals surface area contributed by atoms with E-state index in [1.165, 1.54) is 231 Å². The number of allylic oxidation sites excluding steroid dienone is 1. The lowest BCUT2D eigenvalue weighted by Gasteiger charge is -2.21. The molecule has 0 aromatic rings. The standard InChI is InChI=1S/C51H101NO4/c1-3-5-7-9-11-13-15-17-19-21-22-23-24-25-26-27-28-30-32-34-36-38-40-42-44-46-50(55)51(56)52-48(47-53)49(54)45-43-41-39-37-35-33-31-29-20-18-16-14-12-10-8-6-4-2/h43,45,48-50,53-55H,3-42,44,46-47H2,1-2H3,(H,52,56)/b45-43+. The lowest BCUT2D eigenvalue weighted by Crippen LogP contribution is -2.48. The largest absolute Gasteiger partial charge is 0.394 e. The molecular formula is C51H101NO4. The summed E-state index contributed by atoms with van der Waals surface area (Å²) in [6, 6.07) is -0.793. The fourth-order valence-electron chi connectivity index (χ4n) is 8.13. The van der Waals surface area contributed by atoms with E-state index in [1.807, 2.05) is 6.08 Å². The van der Waals surface area contributed by atoms with Gasteiger partial charge in [-0.25, -0.2) is 0 Å². The molecule has 5 nitrogen and oxygen atoms in total. The van der Waals surface area contributed by atoms with Gasteiger partial charge in [-0.2, -0.15) is 0 Å². The monoisotopic (exact) mass is 792 g/mol. The van der Waals surface area contributed by atoms with Crippen molar-refractivity contribution in [1.82, 2.24) is 5.32 Å². The Morgan fingerprint density at radius 2 is 0.696 bits per heavy atom. The number of rotatable bonds is 47. The lowest BCUT2D eigenvalue weighted by atomic mass is 10.0. The molecule has 0 spiro atoms. The summed E-state index contributed by atoms with van der Waals surface area (Å²) < 4.78 is 0. The first-order valence-corrected chi connectivity index (χ1v) is 25.5. The first kappa shape index (κ1) is 55.1. The highest BCUT2D eigenvalue weighted by molar-refractivity contribution is 5.80. The van der Waals surface area contributed by atoms with Crippen LogP contribution in [0.1, 0.15) is 284 Å². The van der Waals surface area contributed by atoms with Crippen molar-refractivity contribution < 1.29 is 20.1 Å². The van der Waals surface area contributed by atoms with Crippen LogP contribution in [0.5, 0.6) is 0 Å². The Hall–Kier alpha value is -0.910. The maximum atomic E-state index is 12.5. The van der Waals surface area contributed by atoms with Crippen molar-refractivity contribution in [2.24, 2.45) is 0 Å². The molecule has 3 atom stereocenters. The first-order chi connectivity index (χ1) is 27.6. The first-order valence-electron chi connectivity index (χ1n) is 25.5. The van der Waals surface area contributed by atoms with Crippen LogP contribution in [0.15, 0.2) is 12.2 Å². The summed E-state index contributed by atoms with van der Waals surface area (Å²) in [4.78, 5) is 12.5. The molecule has 0 aliphatic rings. The topological polar surface area (TPSA) is 89.8 Å². The van der Waals surface area contributed by atoms with E-state index in [0.29, 0.717) is 6.42 Å². The van der Waals surface area contributed by atoms with Gasteiger partial charge in [-0.15, -0.1) is 0 Å². The van der Waals surface area contributed by atoms with Gasteiger partial charge in [0.1, 0.15) is 6.10 Å². The molecule has 56 heavy (non-hydrogen) atoms. The summed E-state index contributed by atoms with van der Waals surface area (Å²) in [5.74, 6) is -0.497. The van der Waals surface area contributed by atoms with Gasteiger partial charge < -0.3 is 20.6 Å². The molecule has 334 valence electrons. The average molecular weight is 792 g/mol. The van der Waals surface area contributed by atoms with Gasteiger partial charge >= 0.3 is 0 Å². The molecule has 4 N–H and O–H groups in total. The summed E-state index contributed by atoms with van der Waals surface area (Å²) in [7, 11) is 0. The van der Waals surface area contributed by atoms with E-state index in [2.05, 4.69) is 19.2 Å². The van der Waals surface area contributed by atoms with Crippen LogP contribution in [0.25, 0.3) is 0 Å². The Balaban J connectivity index is 3.56. The van der Waals surface area contributed by atoms with Gasteiger partial charge in [0.15, 0.2) is 0 Å². The van der Waals surface area contributed by atoms with Gasteiger partial charge in [0.05, 0.1) is 18.8 Å². The third-order valence-corrected chi connectivity index (χ3v) is 12.1. The molecule has 0 aromatic carbocycles. The minimum atomic E-state index is -1.09. The summed E-state index contributed by atoms with van der Waals surface area (Å²) in [6.45, 7) is 4.21. The Morgan fingerprint density at radius 3 is 0.982 bits per heavy atom. The fraction of sp³-hybridized carbons (Fsp3) is 0.941. The van der Waals surface area contributed by atoms with E-state index >= 15 is 0 Å². The van der Waals surface area contributed by atoms with Crippen molar-refractivity contribution in [3.63, 3.8) is 0 Å². The molecule has 0 aliphatic carbocycles. The molecule has 5 heteroatoms. The van der Waals surface area contributed by atoms with E-state index in [1.54, 1.807) is 6.08 Å². The molecule has 1 amide bonds. The SMILES string of the molecule is CCCCCCCCCCCCCCCCC/C=C/C(O)C(CO)NC(=O)C(O)CCCCCCCCCCCCCCCCCCCCCCCCCCC. The number of unbranched alkanes of at least 4 members (excludes halogenated alkanes) is 39. The van der Waals surface area contributed by atoms with Gasteiger partial charge in [-0.3, -0.25) is 4.79 Å². The molecule has 0 radical (unpaired) electrons. The van der Waals surface area contributed by atoms with Gasteiger partial charge in [0.2, 0.25) is 5.91 Å². The number of hydrogen-bond acceptors (Lipinski definition) is 4. The molecule has 0 fully saturated rings. The summed E-state index contributed by atoms with van der Waals surface area (Å²) >= 11 is 0. The van der Waals surface area contributed by atoms with Gasteiger partial charge in [0.25, 0.3) is 0 Å². The number of carbonyl (C=O) groups excluding carboxylic acids is 1. The van der Waals surface area contributed by atoms with Crippen molar-refractivity contribution in [3.8, 4) is 0 Å². The average Bonchev–Trinajstić information content (AvgIpc) is 3.20. The van der Waals surface area contributed by atoms with Crippen molar-refractivity contribution in [3.05, 3.63) is 12.2 Å². The smallest absolute Gasteiger partial charge is 0.249 e. The van der Waals surface area contributed by atoms with Crippen LogP contribution in [0, 0.1) is 0 Å². The molecule has 0 aromatic heterocycles. The van der Waals surface area contributed by atoms with Gasteiger partial charge in [-0.05, 0) is 19.3 Å². The Bertz CT molecular complexity index is 788. The number of amides is 1. The highest BCUT2D eigenvalue weighted by Gasteiger charge is 2.22. The van der Waals surface area contributed by atoms with Crippen LogP contribution in [0.2, 0.25) is 0 Å². The normalized spacial score (nSPS) is 13.4.